The molecule has 4 rings (SSSR count). The van der Waals surface area contributed by atoms with Gasteiger partial charge < -0.3 is 14.5 Å². The molecule has 0 saturated heterocycles. The van der Waals surface area contributed by atoms with Crippen LogP contribution in [0.4, 0.5) is 5.69 Å². The molecule has 0 spiro atoms. The van der Waals surface area contributed by atoms with Gasteiger partial charge in [-0.2, -0.15) is 0 Å². The topological polar surface area (TPSA) is 51.9 Å². The van der Waals surface area contributed by atoms with Gasteiger partial charge in [-0.3, -0.25) is 4.79 Å². The molecule has 0 unspecified atom stereocenters. The average Bonchev–Trinajstić information content (AvgIpc) is 3.34. The summed E-state index contributed by atoms with van der Waals surface area (Å²) in [6.45, 7) is 2.04. The molecule has 3 heterocycles. The van der Waals surface area contributed by atoms with Gasteiger partial charge in [0.05, 0.1) is 5.69 Å². The van der Waals surface area contributed by atoms with Gasteiger partial charge in [0.25, 0.3) is 5.91 Å². The van der Waals surface area contributed by atoms with Gasteiger partial charge in [0.15, 0.2) is 5.13 Å². The maximum absolute atomic E-state index is 12.8. The highest BCUT2D eigenvalue weighted by Gasteiger charge is 2.19. The van der Waals surface area contributed by atoms with Gasteiger partial charge >= 0.3 is 0 Å². The van der Waals surface area contributed by atoms with Crippen LogP contribution in [0.2, 0.25) is 0 Å². The van der Waals surface area contributed by atoms with E-state index in [9.17, 15) is 4.79 Å². The lowest BCUT2D eigenvalue weighted by Crippen LogP contribution is -2.14. The van der Waals surface area contributed by atoms with Gasteiger partial charge in [0.2, 0.25) is 0 Å². The first-order valence-electron chi connectivity index (χ1n) is 8.16. The highest BCUT2D eigenvalue weighted by Crippen LogP contribution is 2.27. The van der Waals surface area contributed by atoms with Gasteiger partial charge in [0.1, 0.15) is 5.69 Å². The molecule has 0 fully saturated rings. The zero-order valence-corrected chi connectivity index (χ0v) is 14.9. The summed E-state index contributed by atoms with van der Waals surface area (Å²) in [5.74, 6) is -0.164. The van der Waals surface area contributed by atoms with Crippen LogP contribution in [0.1, 0.15) is 22.3 Å². The smallest absolute Gasteiger partial charge is 0.275 e. The molecule has 0 atom stereocenters. The summed E-state index contributed by atoms with van der Waals surface area (Å²) in [7, 11) is 1.99. The Balaban J connectivity index is 1.69. The monoisotopic (exact) mass is 350 g/mol. The summed E-state index contributed by atoms with van der Waals surface area (Å²) in [4.78, 5) is 18.4. The second kappa shape index (κ2) is 6.22. The average molecular weight is 350 g/mol. The number of aromatic nitrogens is 3. The van der Waals surface area contributed by atoms with Crippen molar-refractivity contribution in [3.8, 4) is 5.13 Å². The first-order chi connectivity index (χ1) is 12.2. The number of hydrogen-bond donors (Lipinski definition) is 1. The Labute approximate surface area is 149 Å². The number of aryl methyl sites for hydroxylation is 2. The highest BCUT2D eigenvalue weighted by atomic mass is 32.1. The van der Waals surface area contributed by atoms with Crippen LogP contribution in [0.25, 0.3) is 16.0 Å². The van der Waals surface area contributed by atoms with E-state index in [-0.39, 0.29) is 5.91 Å². The van der Waals surface area contributed by atoms with Crippen LogP contribution in [0.3, 0.4) is 0 Å². The molecule has 0 radical (unpaired) electrons. The number of rotatable bonds is 4. The van der Waals surface area contributed by atoms with E-state index in [1.165, 1.54) is 0 Å². The molecule has 4 aromatic rings. The van der Waals surface area contributed by atoms with Crippen LogP contribution in [-0.4, -0.2) is 20.0 Å². The zero-order chi connectivity index (χ0) is 17.4. The first kappa shape index (κ1) is 15.7. The Kier molecular flexibility index (Phi) is 3.89. The van der Waals surface area contributed by atoms with Gasteiger partial charge in [-0.1, -0.05) is 13.0 Å². The summed E-state index contributed by atoms with van der Waals surface area (Å²) in [6.07, 6.45) is 6.64. The Bertz CT molecular complexity index is 1040. The van der Waals surface area contributed by atoms with Gasteiger partial charge in [-0.15, -0.1) is 11.3 Å². The molecular formula is C19H18N4OS. The lowest BCUT2D eigenvalue weighted by Gasteiger charge is -2.06. The molecule has 126 valence electrons. The molecule has 1 amide bonds. The van der Waals surface area contributed by atoms with Gasteiger partial charge in [0, 0.05) is 41.4 Å². The molecule has 0 saturated carbocycles. The third kappa shape index (κ3) is 2.74. The number of nitrogens with one attached hydrogen (secondary N) is 1. The molecule has 0 aliphatic heterocycles. The van der Waals surface area contributed by atoms with Crippen molar-refractivity contribution in [3.63, 3.8) is 0 Å². The van der Waals surface area contributed by atoms with E-state index in [1.54, 1.807) is 11.3 Å². The van der Waals surface area contributed by atoms with Crippen molar-refractivity contribution >= 4 is 33.8 Å². The molecule has 1 aromatic carbocycles. The number of amides is 1. The minimum absolute atomic E-state index is 0.164. The van der Waals surface area contributed by atoms with Crippen molar-refractivity contribution in [2.45, 2.75) is 13.3 Å². The van der Waals surface area contributed by atoms with E-state index in [1.807, 2.05) is 78.1 Å². The van der Waals surface area contributed by atoms with Crippen LogP contribution >= 0.6 is 11.3 Å². The highest BCUT2D eigenvalue weighted by molar-refractivity contribution is 7.14. The minimum atomic E-state index is -0.164. The second-order valence-corrected chi connectivity index (χ2v) is 6.89. The fourth-order valence-electron chi connectivity index (χ4n) is 2.92. The lowest BCUT2D eigenvalue weighted by molar-refractivity contribution is 0.102. The SMILES string of the molecule is CCc1sc(-n2cccc2)nc1C(=O)Nc1cccc2c1ccn2C. The summed E-state index contributed by atoms with van der Waals surface area (Å²) in [5.41, 5.74) is 2.39. The van der Waals surface area contributed by atoms with Gasteiger partial charge in [-0.25, -0.2) is 4.98 Å². The summed E-state index contributed by atoms with van der Waals surface area (Å²) in [5, 5.41) is 4.87. The maximum atomic E-state index is 12.8. The summed E-state index contributed by atoms with van der Waals surface area (Å²) >= 11 is 1.55. The first-order valence-corrected chi connectivity index (χ1v) is 8.97. The van der Waals surface area contributed by atoms with E-state index in [2.05, 4.69) is 10.3 Å². The fourth-order valence-corrected chi connectivity index (χ4v) is 3.89. The summed E-state index contributed by atoms with van der Waals surface area (Å²) in [6, 6.07) is 11.8. The normalized spacial score (nSPS) is 11.1. The number of hydrogen-bond acceptors (Lipinski definition) is 3. The molecule has 0 aliphatic rings. The van der Waals surface area contributed by atoms with Crippen molar-refractivity contribution in [1.29, 1.82) is 0 Å². The Morgan fingerprint density at radius 2 is 1.96 bits per heavy atom. The Morgan fingerprint density at radius 3 is 2.72 bits per heavy atom. The summed E-state index contributed by atoms with van der Waals surface area (Å²) < 4.78 is 3.97. The number of thiazole rings is 1. The fraction of sp³-hybridized carbons (Fsp3) is 0.158. The Morgan fingerprint density at radius 1 is 1.16 bits per heavy atom. The van der Waals surface area contributed by atoms with Crippen molar-refractivity contribution in [2.75, 3.05) is 5.32 Å². The van der Waals surface area contributed by atoms with E-state index >= 15 is 0 Å². The largest absolute Gasteiger partial charge is 0.350 e. The van der Waals surface area contributed by atoms with E-state index < -0.39 is 0 Å². The van der Waals surface area contributed by atoms with Crippen molar-refractivity contribution in [3.05, 3.63) is 65.6 Å². The van der Waals surface area contributed by atoms with E-state index in [0.29, 0.717) is 5.69 Å². The molecule has 0 bridgehead atoms. The van der Waals surface area contributed by atoms with Crippen LogP contribution in [-0.2, 0) is 13.5 Å². The van der Waals surface area contributed by atoms with Crippen molar-refractivity contribution < 1.29 is 4.79 Å². The standard InChI is InChI=1S/C19H18N4OS/c1-3-16-17(21-19(25-16)23-10-4-5-11-23)18(24)20-14-7-6-8-15-13(14)9-12-22(15)2/h4-12H,3H2,1-2H3,(H,20,24). The third-order valence-electron chi connectivity index (χ3n) is 4.22. The maximum Gasteiger partial charge on any atom is 0.275 e. The third-order valence-corrected chi connectivity index (χ3v) is 5.44. The number of carbonyl (C=O) groups excluding carboxylic acids is 1. The van der Waals surface area contributed by atoms with Crippen molar-refractivity contribution in [2.24, 2.45) is 7.05 Å². The molecule has 25 heavy (non-hydrogen) atoms. The predicted octanol–water partition coefficient (Wildman–Crippen LogP) is 4.24. The van der Waals surface area contributed by atoms with Crippen LogP contribution in [0.5, 0.6) is 0 Å². The molecule has 3 aromatic heterocycles. The molecule has 6 heteroatoms. The van der Waals surface area contributed by atoms with E-state index in [4.69, 9.17) is 0 Å². The minimum Gasteiger partial charge on any atom is -0.350 e. The van der Waals surface area contributed by atoms with Crippen molar-refractivity contribution in [1.82, 2.24) is 14.1 Å². The molecular weight excluding hydrogens is 332 g/mol. The van der Waals surface area contributed by atoms with Gasteiger partial charge in [-0.05, 0) is 36.8 Å². The Hall–Kier alpha value is -2.86. The number of anilines is 1. The molecule has 5 nitrogen and oxygen atoms in total. The van der Waals surface area contributed by atoms with Crippen LogP contribution < -0.4 is 5.32 Å². The van der Waals surface area contributed by atoms with Crippen LogP contribution in [0, 0.1) is 0 Å². The lowest BCUT2D eigenvalue weighted by atomic mass is 10.2. The zero-order valence-electron chi connectivity index (χ0n) is 14.1. The number of carbonyl (C=O) groups is 1. The van der Waals surface area contributed by atoms with Crippen LogP contribution in [0.15, 0.2) is 55.0 Å². The predicted molar refractivity (Wildman–Crippen MR) is 102 cm³/mol. The van der Waals surface area contributed by atoms with E-state index in [0.717, 1.165) is 33.0 Å². The quantitative estimate of drug-likeness (QED) is 0.598. The number of benzene rings is 1. The second-order valence-electron chi connectivity index (χ2n) is 5.83. The number of fused-ring (bicyclic) bond motifs is 1. The molecule has 0 aliphatic carbocycles. The number of nitrogens with zero attached hydrogens (tertiary/aromatic N) is 3. The molecule has 1 N–H and O–H groups in total.